The molecule has 0 unspecified atom stereocenters. The third kappa shape index (κ3) is 3.39. The second-order valence-electron chi connectivity index (χ2n) is 5.90. The maximum absolute atomic E-state index is 9.16. The van der Waals surface area contributed by atoms with Gasteiger partial charge in [0.2, 0.25) is 0 Å². The highest BCUT2D eigenvalue weighted by molar-refractivity contribution is 5.79. The first-order valence-electron chi connectivity index (χ1n) is 7.69. The Hall–Kier alpha value is -1.52. The number of ether oxygens (including phenoxy) is 1. The van der Waals surface area contributed by atoms with Crippen LogP contribution in [0.15, 0.2) is 28.7 Å². The SMILES string of the molecule is COc1ccc2oc(CNC3CCC(CO)CC3)cc2c1. The van der Waals surface area contributed by atoms with E-state index >= 15 is 0 Å². The minimum Gasteiger partial charge on any atom is -0.497 e. The molecule has 114 valence electrons. The number of rotatable bonds is 5. The van der Waals surface area contributed by atoms with Gasteiger partial charge in [0.05, 0.1) is 13.7 Å². The summed E-state index contributed by atoms with van der Waals surface area (Å²) >= 11 is 0. The molecular weight excluding hydrogens is 266 g/mol. The standard InChI is InChI=1S/C17H23NO3/c1-20-15-6-7-17-13(8-15)9-16(21-17)10-18-14-4-2-12(11-19)3-5-14/h6-9,12,14,18-19H,2-5,10-11H2,1H3. The van der Waals surface area contributed by atoms with Gasteiger partial charge in [0.1, 0.15) is 17.1 Å². The predicted molar refractivity (Wildman–Crippen MR) is 82.4 cm³/mol. The summed E-state index contributed by atoms with van der Waals surface area (Å²) in [5, 5.41) is 13.8. The first-order chi connectivity index (χ1) is 10.3. The van der Waals surface area contributed by atoms with Crippen LogP contribution in [0, 0.1) is 5.92 Å². The molecule has 0 radical (unpaired) electrons. The molecule has 0 aliphatic heterocycles. The molecule has 0 bridgehead atoms. The number of hydrogen-bond acceptors (Lipinski definition) is 4. The third-order valence-electron chi connectivity index (χ3n) is 4.44. The quantitative estimate of drug-likeness (QED) is 0.888. The van der Waals surface area contributed by atoms with E-state index in [9.17, 15) is 0 Å². The lowest BCUT2D eigenvalue weighted by atomic mass is 9.86. The van der Waals surface area contributed by atoms with Crippen molar-refractivity contribution in [3.8, 4) is 5.75 Å². The van der Waals surface area contributed by atoms with E-state index in [1.54, 1.807) is 7.11 Å². The van der Waals surface area contributed by atoms with Crippen LogP contribution in [0.5, 0.6) is 5.75 Å². The summed E-state index contributed by atoms with van der Waals surface area (Å²) in [5.41, 5.74) is 0.900. The fourth-order valence-corrected chi connectivity index (χ4v) is 3.08. The molecule has 0 saturated heterocycles. The number of methoxy groups -OCH3 is 1. The Labute approximate surface area is 125 Å². The topological polar surface area (TPSA) is 54.6 Å². The monoisotopic (exact) mass is 289 g/mol. The Bertz CT molecular complexity index is 585. The lowest BCUT2D eigenvalue weighted by molar-refractivity contribution is 0.174. The summed E-state index contributed by atoms with van der Waals surface area (Å²) in [6, 6.07) is 8.47. The van der Waals surface area contributed by atoms with Crippen molar-refractivity contribution in [1.82, 2.24) is 5.32 Å². The summed E-state index contributed by atoms with van der Waals surface area (Å²) < 4.78 is 11.1. The molecule has 0 atom stereocenters. The van der Waals surface area contributed by atoms with Crippen LogP contribution in [0.2, 0.25) is 0 Å². The molecule has 1 saturated carbocycles. The number of benzene rings is 1. The Morgan fingerprint density at radius 1 is 1.24 bits per heavy atom. The molecule has 2 aromatic rings. The molecule has 2 N–H and O–H groups in total. The van der Waals surface area contributed by atoms with Gasteiger partial charge in [-0.3, -0.25) is 0 Å². The van der Waals surface area contributed by atoms with Crippen molar-refractivity contribution in [2.24, 2.45) is 5.92 Å². The van der Waals surface area contributed by atoms with Crippen LogP contribution in [-0.2, 0) is 6.54 Å². The molecule has 3 rings (SSSR count). The van der Waals surface area contributed by atoms with E-state index in [-0.39, 0.29) is 0 Å². The molecule has 1 aromatic heterocycles. The lowest BCUT2D eigenvalue weighted by Crippen LogP contribution is -2.33. The predicted octanol–water partition coefficient (Wildman–Crippen LogP) is 3.08. The largest absolute Gasteiger partial charge is 0.497 e. The van der Waals surface area contributed by atoms with Gasteiger partial charge < -0.3 is 19.6 Å². The summed E-state index contributed by atoms with van der Waals surface area (Å²) in [6.07, 6.45) is 4.51. The Morgan fingerprint density at radius 3 is 2.76 bits per heavy atom. The van der Waals surface area contributed by atoms with Crippen LogP contribution in [0.4, 0.5) is 0 Å². The van der Waals surface area contributed by atoms with E-state index in [1.165, 1.54) is 0 Å². The van der Waals surface area contributed by atoms with Crippen LogP contribution in [-0.4, -0.2) is 24.9 Å². The molecule has 4 heteroatoms. The normalized spacial score (nSPS) is 22.6. The highest BCUT2D eigenvalue weighted by atomic mass is 16.5. The van der Waals surface area contributed by atoms with Crippen LogP contribution < -0.4 is 10.1 Å². The van der Waals surface area contributed by atoms with Gasteiger partial charge in [0, 0.05) is 18.0 Å². The van der Waals surface area contributed by atoms with Crippen molar-refractivity contribution < 1.29 is 14.3 Å². The number of aliphatic hydroxyl groups is 1. The second-order valence-corrected chi connectivity index (χ2v) is 5.90. The Kier molecular flexibility index (Phi) is 4.46. The fourth-order valence-electron chi connectivity index (χ4n) is 3.08. The van der Waals surface area contributed by atoms with Gasteiger partial charge in [-0.15, -0.1) is 0 Å². The zero-order valence-corrected chi connectivity index (χ0v) is 12.5. The summed E-state index contributed by atoms with van der Waals surface area (Å²) in [7, 11) is 1.67. The molecule has 4 nitrogen and oxygen atoms in total. The molecule has 0 amide bonds. The van der Waals surface area contributed by atoms with Crippen molar-refractivity contribution in [3.05, 3.63) is 30.0 Å². The number of furan rings is 1. The summed E-state index contributed by atoms with van der Waals surface area (Å²) in [6.45, 7) is 1.09. The van der Waals surface area contributed by atoms with Crippen molar-refractivity contribution in [2.45, 2.75) is 38.3 Å². The molecule has 1 aliphatic rings. The van der Waals surface area contributed by atoms with Crippen molar-refractivity contribution >= 4 is 11.0 Å². The number of aliphatic hydroxyl groups excluding tert-OH is 1. The molecule has 1 aliphatic carbocycles. The first-order valence-corrected chi connectivity index (χ1v) is 7.69. The maximum atomic E-state index is 9.16. The first kappa shape index (κ1) is 14.4. The fraction of sp³-hybridized carbons (Fsp3) is 0.529. The van der Waals surface area contributed by atoms with Gasteiger partial charge in [0.25, 0.3) is 0 Å². The van der Waals surface area contributed by atoms with Crippen LogP contribution in [0.25, 0.3) is 11.0 Å². The Morgan fingerprint density at radius 2 is 2.05 bits per heavy atom. The summed E-state index contributed by atoms with van der Waals surface area (Å²) in [4.78, 5) is 0. The van der Waals surface area contributed by atoms with Crippen molar-refractivity contribution in [3.63, 3.8) is 0 Å². The maximum Gasteiger partial charge on any atom is 0.134 e. The minimum atomic E-state index is 0.331. The van der Waals surface area contributed by atoms with E-state index in [2.05, 4.69) is 11.4 Å². The lowest BCUT2D eigenvalue weighted by Gasteiger charge is -2.27. The molecule has 1 fully saturated rings. The van der Waals surface area contributed by atoms with Crippen LogP contribution in [0.3, 0.4) is 0 Å². The van der Waals surface area contributed by atoms with Gasteiger partial charge in [-0.2, -0.15) is 0 Å². The van der Waals surface area contributed by atoms with Crippen molar-refractivity contribution in [2.75, 3.05) is 13.7 Å². The molecular formula is C17H23NO3. The van der Waals surface area contributed by atoms with Gasteiger partial charge in [0.15, 0.2) is 0 Å². The smallest absolute Gasteiger partial charge is 0.134 e. The summed E-state index contributed by atoms with van der Waals surface area (Å²) in [5.74, 6) is 2.31. The van der Waals surface area contributed by atoms with Crippen LogP contribution >= 0.6 is 0 Å². The van der Waals surface area contributed by atoms with Gasteiger partial charge >= 0.3 is 0 Å². The Balaban J connectivity index is 1.58. The van der Waals surface area contributed by atoms with E-state index in [4.69, 9.17) is 14.3 Å². The van der Waals surface area contributed by atoms with E-state index < -0.39 is 0 Å². The zero-order valence-electron chi connectivity index (χ0n) is 12.5. The molecule has 1 aromatic carbocycles. The molecule has 0 spiro atoms. The molecule has 1 heterocycles. The van der Waals surface area contributed by atoms with Gasteiger partial charge in [-0.05, 0) is 55.9 Å². The average Bonchev–Trinajstić information content (AvgIpc) is 2.95. The average molecular weight is 289 g/mol. The minimum absolute atomic E-state index is 0.331. The number of nitrogens with one attached hydrogen (secondary N) is 1. The van der Waals surface area contributed by atoms with E-state index in [0.717, 1.165) is 54.7 Å². The number of fused-ring (bicyclic) bond motifs is 1. The van der Waals surface area contributed by atoms with Gasteiger partial charge in [-0.1, -0.05) is 0 Å². The second kappa shape index (κ2) is 6.50. The van der Waals surface area contributed by atoms with Gasteiger partial charge in [-0.25, -0.2) is 0 Å². The number of hydrogen-bond donors (Lipinski definition) is 2. The van der Waals surface area contributed by atoms with Crippen LogP contribution in [0.1, 0.15) is 31.4 Å². The van der Waals surface area contributed by atoms with E-state index in [0.29, 0.717) is 18.6 Å². The highest BCUT2D eigenvalue weighted by Crippen LogP contribution is 2.26. The molecule has 21 heavy (non-hydrogen) atoms. The highest BCUT2D eigenvalue weighted by Gasteiger charge is 2.20. The van der Waals surface area contributed by atoms with Crippen molar-refractivity contribution in [1.29, 1.82) is 0 Å². The zero-order chi connectivity index (χ0) is 14.7. The van der Waals surface area contributed by atoms with E-state index in [1.807, 2.05) is 18.2 Å². The third-order valence-corrected chi connectivity index (χ3v) is 4.44.